The van der Waals surface area contributed by atoms with E-state index in [2.05, 4.69) is 25.5 Å². The van der Waals surface area contributed by atoms with Crippen molar-refractivity contribution in [1.82, 2.24) is 29.9 Å². The van der Waals surface area contributed by atoms with Crippen molar-refractivity contribution < 1.29 is 22.4 Å². The summed E-state index contributed by atoms with van der Waals surface area (Å²) in [5, 5.41) is 11.0. The molecule has 3 atom stereocenters. The maximum Gasteiger partial charge on any atom is 0.419 e. The monoisotopic (exact) mass is 447 g/mol. The lowest BCUT2D eigenvalue weighted by Gasteiger charge is -2.25. The number of hydrogen-bond acceptors (Lipinski definition) is 6. The van der Waals surface area contributed by atoms with Crippen LogP contribution in [0.5, 0.6) is 0 Å². The number of anilines is 1. The highest BCUT2D eigenvalue weighted by atomic mass is 19.4. The van der Waals surface area contributed by atoms with Gasteiger partial charge in [-0.1, -0.05) is 6.07 Å². The van der Waals surface area contributed by atoms with Gasteiger partial charge < -0.3 is 10.2 Å². The Kier molecular flexibility index (Phi) is 4.79. The number of aromatic nitrogens is 5. The van der Waals surface area contributed by atoms with Gasteiger partial charge in [0.15, 0.2) is 5.82 Å². The van der Waals surface area contributed by atoms with Crippen molar-refractivity contribution in [2.75, 3.05) is 5.32 Å². The fourth-order valence-corrected chi connectivity index (χ4v) is 4.54. The number of carbonyl (C=O) groups is 1. The summed E-state index contributed by atoms with van der Waals surface area (Å²) in [7, 11) is 0. The Morgan fingerprint density at radius 3 is 2.50 bits per heavy atom. The van der Waals surface area contributed by atoms with Crippen LogP contribution in [0.15, 0.2) is 43.0 Å². The molecule has 4 heterocycles. The zero-order valence-electron chi connectivity index (χ0n) is 16.5. The number of halogens is 4. The molecule has 5 rings (SSSR count). The highest BCUT2D eigenvalue weighted by Gasteiger charge is 2.49. The van der Waals surface area contributed by atoms with E-state index in [1.807, 2.05) is 0 Å². The third-order valence-corrected chi connectivity index (χ3v) is 5.90. The molecule has 166 valence electrons. The molecule has 2 saturated heterocycles. The van der Waals surface area contributed by atoms with Gasteiger partial charge in [0.1, 0.15) is 5.69 Å². The minimum Gasteiger partial charge on any atom is -0.349 e. The number of rotatable bonds is 4. The molecule has 3 aromatic rings. The normalized spacial score (nSPS) is 22.4. The summed E-state index contributed by atoms with van der Waals surface area (Å²) in [6, 6.07) is 3.69. The van der Waals surface area contributed by atoms with Gasteiger partial charge in [0.05, 0.1) is 35.6 Å². The first-order chi connectivity index (χ1) is 15.3. The zero-order valence-corrected chi connectivity index (χ0v) is 16.5. The summed E-state index contributed by atoms with van der Waals surface area (Å²) >= 11 is 0. The lowest BCUT2D eigenvalue weighted by Crippen LogP contribution is -2.40. The molecule has 1 N–H and O–H groups in total. The third-order valence-electron chi connectivity index (χ3n) is 5.90. The van der Waals surface area contributed by atoms with Gasteiger partial charge in [-0.3, -0.25) is 4.79 Å². The Morgan fingerprint density at radius 1 is 1.09 bits per heavy atom. The van der Waals surface area contributed by atoms with Gasteiger partial charge >= 0.3 is 6.18 Å². The maximum atomic E-state index is 14.6. The van der Waals surface area contributed by atoms with Crippen molar-refractivity contribution in [1.29, 1.82) is 0 Å². The molecule has 2 aromatic heterocycles. The van der Waals surface area contributed by atoms with E-state index >= 15 is 0 Å². The van der Waals surface area contributed by atoms with Gasteiger partial charge in [-0.05, 0) is 31.4 Å². The predicted octanol–water partition coefficient (Wildman–Crippen LogP) is 3.07. The highest BCUT2D eigenvalue weighted by molar-refractivity contribution is 5.98. The van der Waals surface area contributed by atoms with Crippen molar-refractivity contribution in [2.24, 2.45) is 0 Å². The third kappa shape index (κ3) is 3.45. The summed E-state index contributed by atoms with van der Waals surface area (Å²) in [6.07, 6.45) is 1.80. The summed E-state index contributed by atoms with van der Waals surface area (Å²) in [5.41, 5.74) is -0.812. The molecule has 0 aliphatic carbocycles. The molecule has 0 unspecified atom stereocenters. The SMILES string of the molecule is O=C(c1cccc(F)c1-n1nccn1)N1[C@@H]2CC[C@H]1[C@H](Nc1ncc(C(F)(F)F)cn1)C2. The van der Waals surface area contributed by atoms with Crippen LogP contribution in [0.1, 0.15) is 35.2 Å². The Hall–Kier alpha value is -3.57. The molecule has 2 fully saturated rings. The van der Waals surface area contributed by atoms with Gasteiger partial charge in [0, 0.05) is 18.4 Å². The van der Waals surface area contributed by atoms with E-state index in [-0.39, 0.29) is 41.2 Å². The van der Waals surface area contributed by atoms with E-state index in [1.54, 1.807) is 4.90 Å². The van der Waals surface area contributed by atoms with Crippen molar-refractivity contribution >= 4 is 11.9 Å². The van der Waals surface area contributed by atoms with Gasteiger partial charge in [0.25, 0.3) is 5.91 Å². The molecule has 32 heavy (non-hydrogen) atoms. The van der Waals surface area contributed by atoms with Crippen molar-refractivity contribution in [3.05, 3.63) is 59.9 Å². The number of nitrogens with one attached hydrogen (secondary N) is 1. The number of para-hydroxylation sites is 1. The summed E-state index contributed by atoms with van der Waals surface area (Å²) < 4.78 is 52.8. The fraction of sp³-hybridized carbons (Fsp3) is 0.350. The van der Waals surface area contributed by atoms with E-state index in [4.69, 9.17) is 0 Å². The number of hydrogen-bond donors (Lipinski definition) is 1. The van der Waals surface area contributed by atoms with Crippen LogP contribution in [0.3, 0.4) is 0 Å². The highest BCUT2D eigenvalue weighted by Crippen LogP contribution is 2.40. The Morgan fingerprint density at radius 2 is 1.81 bits per heavy atom. The van der Waals surface area contributed by atoms with Crippen LogP contribution in [-0.2, 0) is 6.18 Å². The van der Waals surface area contributed by atoms with Crippen LogP contribution < -0.4 is 5.32 Å². The first kappa shape index (κ1) is 20.3. The zero-order chi connectivity index (χ0) is 22.5. The fourth-order valence-electron chi connectivity index (χ4n) is 4.54. The van der Waals surface area contributed by atoms with Crippen LogP contribution in [-0.4, -0.2) is 53.9 Å². The van der Waals surface area contributed by atoms with Crippen LogP contribution in [0.2, 0.25) is 0 Å². The van der Waals surface area contributed by atoms with E-state index in [0.29, 0.717) is 12.8 Å². The van der Waals surface area contributed by atoms with Gasteiger partial charge in [-0.2, -0.15) is 23.4 Å². The molecule has 1 aromatic carbocycles. The van der Waals surface area contributed by atoms with Gasteiger partial charge in [0.2, 0.25) is 5.95 Å². The smallest absolute Gasteiger partial charge is 0.349 e. The molecule has 0 spiro atoms. The average Bonchev–Trinajstić information content (AvgIpc) is 3.49. The van der Waals surface area contributed by atoms with Crippen LogP contribution in [0.25, 0.3) is 5.69 Å². The number of nitrogens with zero attached hydrogens (tertiary/aromatic N) is 6. The minimum atomic E-state index is -4.51. The second kappa shape index (κ2) is 7.53. The predicted molar refractivity (Wildman–Crippen MR) is 103 cm³/mol. The second-order valence-corrected chi connectivity index (χ2v) is 7.75. The molecule has 2 aliphatic rings. The van der Waals surface area contributed by atoms with Crippen molar-refractivity contribution in [3.8, 4) is 5.69 Å². The van der Waals surface area contributed by atoms with E-state index in [9.17, 15) is 22.4 Å². The molecule has 1 amide bonds. The number of alkyl halides is 3. The molecule has 2 aliphatic heterocycles. The molecular weight excluding hydrogens is 430 g/mol. The standard InChI is InChI=1S/C20H17F4N7O/c21-14-3-1-2-13(17(14)31-27-6-7-28-31)18(32)30-12-4-5-16(30)15(8-12)29-19-25-9-11(10-26-19)20(22,23)24/h1-3,6-7,9-10,12,15-16H,4-5,8H2,(H,25,26,29)/t12-,15-,16+/m1/s1. The van der Waals surface area contributed by atoms with Crippen molar-refractivity contribution in [3.63, 3.8) is 0 Å². The quantitative estimate of drug-likeness (QED) is 0.619. The minimum absolute atomic E-state index is 0.0237. The van der Waals surface area contributed by atoms with E-state index < -0.39 is 17.6 Å². The largest absolute Gasteiger partial charge is 0.419 e. The number of fused-ring (bicyclic) bond motifs is 2. The summed E-state index contributed by atoms with van der Waals surface area (Å²) in [4.78, 5) is 23.8. The first-order valence-corrected chi connectivity index (χ1v) is 9.96. The van der Waals surface area contributed by atoms with Crippen LogP contribution in [0.4, 0.5) is 23.5 Å². The molecule has 12 heteroatoms. The average molecular weight is 447 g/mol. The Labute approximate surface area is 179 Å². The molecule has 8 nitrogen and oxygen atoms in total. The molecular formula is C20H17F4N7O. The number of benzene rings is 1. The van der Waals surface area contributed by atoms with Gasteiger partial charge in [-0.15, -0.1) is 4.80 Å². The van der Waals surface area contributed by atoms with E-state index in [1.165, 1.54) is 30.6 Å². The van der Waals surface area contributed by atoms with Crippen LogP contribution in [0, 0.1) is 5.82 Å². The lowest BCUT2D eigenvalue weighted by molar-refractivity contribution is -0.138. The Bertz CT molecular complexity index is 1130. The number of carbonyl (C=O) groups excluding carboxylic acids is 1. The van der Waals surface area contributed by atoms with Gasteiger partial charge in [-0.25, -0.2) is 14.4 Å². The first-order valence-electron chi connectivity index (χ1n) is 9.96. The number of amides is 1. The Balaban J connectivity index is 1.38. The summed E-state index contributed by atoms with van der Waals surface area (Å²) in [6.45, 7) is 0. The molecule has 2 bridgehead atoms. The second-order valence-electron chi connectivity index (χ2n) is 7.75. The van der Waals surface area contributed by atoms with Crippen molar-refractivity contribution in [2.45, 2.75) is 43.6 Å². The molecule has 0 saturated carbocycles. The van der Waals surface area contributed by atoms with E-state index in [0.717, 1.165) is 23.6 Å². The van der Waals surface area contributed by atoms with Crippen LogP contribution >= 0.6 is 0 Å². The lowest BCUT2D eigenvalue weighted by atomic mass is 9.96. The summed E-state index contributed by atoms with van der Waals surface area (Å²) in [5.74, 6) is -0.900. The maximum absolute atomic E-state index is 14.6. The topological polar surface area (TPSA) is 88.8 Å². The molecule has 0 radical (unpaired) electrons.